The van der Waals surface area contributed by atoms with Gasteiger partial charge >= 0.3 is 0 Å². The van der Waals surface area contributed by atoms with Crippen LogP contribution in [0.5, 0.6) is 0 Å². The number of rotatable bonds is 7. The van der Waals surface area contributed by atoms with Gasteiger partial charge in [-0.25, -0.2) is 4.98 Å². The van der Waals surface area contributed by atoms with Gasteiger partial charge in [0.05, 0.1) is 0 Å². The Labute approximate surface area is 121 Å². The van der Waals surface area contributed by atoms with Crippen molar-refractivity contribution < 1.29 is 0 Å². The molecule has 0 amide bonds. The minimum Gasteiger partial charge on any atom is -0.362 e. The first-order valence-corrected chi connectivity index (χ1v) is 8.44. The van der Waals surface area contributed by atoms with Gasteiger partial charge in [-0.3, -0.25) is 4.90 Å². The van der Waals surface area contributed by atoms with Crippen LogP contribution in [0, 0.1) is 5.41 Å². The largest absolute Gasteiger partial charge is 0.362 e. The highest BCUT2D eigenvalue weighted by Gasteiger charge is 2.34. The van der Waals surface area contributed by atoms with Crippen LogP contribution in [0.15, 0.2) is 6.20 Å². The van der Waals surface area contributed by atoms with Gasteiger partial charge in [-0.2, -0.15) is 0 Å². The summed E-state index contributed by atoms with van der Waals surface area (Å²) in [7, 11) is 0. The maximum absolute atomic E-state index is 4.45. The third kappa shape index (κ3) is 3.69. The fraction of sp³-hybridized carbons (Fsp3) is 0.800. The zero-order chi connectivity index (χ0) is 13.7. The van der Waals surface area contributed by atoms with E-state index in [2.05, 4.69) is 36.0 Å². The van der Waals surface area contributed by atoms with Crippen LogP contribution in [-0.2, 0) is 6.54 Å². The Balaban J connectivity index is 1.87. The summed E-state index contributed by atoms with van der Waals surface area (Å²) in [5.74, 6) is 0. The van der Waals surface area contributed by atoms with E-state index in [1.165, 1.54) is 37.2 Å². The quantitative estimate of drug-likeness (QED) is 0.819. The van der Waals surface area contributed by atoms with Gasteiger partial charge in [0.1, 0.15) is 0 Å². The molecule has 1 saturated heterocycles. The van der Waals surface area contributed by atoms with Crippen molar-refractivity contribution in [2.45, 2.75) is 53.0 Å². The van der Waals surface area contributed by atoms with Crippen LogP contribution in [-0.4, -0.2) is 29.5 Å². The molecule has 2 heterocycles. The van der Waals surface area contributed by atoms with E-state index in [0.29, 0.717) is 5.41 Å². The normalized spacial score (nSPS) is 18.9. The maximum atomic E-state index is 4.45. The lowest BCUT2D eigenvalue weighted by Gasteiger charge is -2.26. The fourth-order valence-corrected chi connectivity index (χ4v) is 3.79. The molecule has 0 aliphatic carbocycles. The molecule has 0 saturated carbocycles. The summed E-state index contributed by atoms with van der Waals surface area (Å²) < 4.78 is 0. The zero-order valence-corrected chi connectivity index (χ0v) is 13.4. The van der Waals surface area contributed by atoms with Gasteiger partial charge < -0.3 is 5.32 Å². The minimum absolute atomic E-state index is 0.577. The minimum atomic E-state index is 0.577. The first-order valence-electron chi connectivity index (χ1n) is 7.62. The van der Waals surface area contributed by atoms with Crippen molar-refractivity contribution in [1.29, 1.82) is 0 Å². The van der Waals surface area contributed by atoms with Gasteiger partial charge in [0.25, 0.3) is 0 Å². The average molecular weight is 281 g/mol. The number of hydrogen-bond acceptors (Lipinski definition) is 4. The molecule has 108 valence electrons. The van der Waals surface area contributed by atoms with Crippen LogP contribution in [0.25, 0.3) is 0 Å². The molecule has 0 atom stereocenters. The van der Waals surface area contributed by atoms with E-state index in [0.717, 1.165) is 24.6 Å². The topological polar surface area (TPSA) is 28.2 Å². The average Bonchev–Trinajstić information content (AvgIpc) is 3.04. The Hall–Kier alpha value is -0.610. The van der Waals surface area contributed by atoms with Gasteiger partial charge in [0.2, 0.25) is 0 Å². The van der Waals surface area contributed by atoms with E-state index < -0.39 is 0 Å². The lowest BCUT2D eigenvalue weighted by molar-refractivity contribution is 0.237. The lowest BCUT2D eigenvalue weighted by Crippen LogP contribution is -2.25. The summed E-state index contributed by atoms with van der Waals surface area (Å²) in [6, 6.07) is 0. The fourth-order valence-electron chi connectivity index (χ4n) is 2.90. The molecule has 3 nitrogen and oxygen atoms in total. The number of nitrogens with one attached hydrogen (secondary N) is 1. The Bertz CT molecular complexity index is 384. The highest BCUT2D eigenvalue weighted by Crippen LogP contribution is 2.37. The van der Waals surface area contributed by atoms with E-state index in [1.54, 1.807) is 0 Å². The van der Waals surface area contributed by atoms with Crippen LogP contribution >= 0.6 is 11.3 Å². The van der Waals surface area contributed by atoms with Crippen LogP contribution < -0.4 is 5.32 Å². The Kier molecular flexibility index (Phi) is 5.22. The van der Waals surface area contributed by atoms with Crippen molar-refractivity contribution in [2.24, 2.45) is 5.41 Å². The van der Waals surface area contributed by atoms with Crippen molar-refractivity contribution in [1.82, 2.24) is 9.88 Å². The third-order valence-corrected chi connectivity index (χ3v) is 5.42. The maximum Gasteiger partial charge on any atom is 0.182 e. The van der Waals surface area contributed by atoms with Gasteiger partial charge in [0, 0.05) is 30.7 Å². The number of nitrogens with zero attached hydrogens (tertiary/aromatic N) is 2. The Morgan fingerprint density at radius 2 is 2.16 bits per heavy atom. The molecule has 1 aliphatic rings. The first-order chi connectivity index (χ1) is 9.21. The van der Waals surface area contributed by atoms with Gasteiger partial charge in [0.15, 0.2) is 5.13 Å². The van der Waals surface area contributed by atoms with Gasteiger partial charge in [-0.05, 0) is 37.6 Å². The van der Waals surface area contributed by atoms with Crippen molar-refractivity contribution in [2.75, 3.05) is 25.0 Å². The molecule has 1 aliphatic heterocycles. The summed E-state index contributed by atoms with van der Waals surface area (Å²) in [5.41, 5.74) is 0.577. The summed E-state index contributed by atoms with van der Waals surface area (Å²) in [6.07, 6.45) is 7.18. The molecule has 1 aromatic heterocycles. The second kappa shape index (κ2) is 6.71. The van der Waals surface area contributed by atoms with E-state index in [1.807, 2.05) is 17.5 Å². The summed E-state index contributed by atoms with van der Waals surface area (Å²) in [4.78, 5) is 8.44. The predicted molar refractivity (Wildman–Crippen MR) is 83.8 cm³/mol. The number of thiazole rings is 1. The number of anilines is 1. The van der Waals surface area contributed by atoms with Crippen molar-refractivity contribution in [3.63, 3.8) is 0 Å². The Morgan fingerprint density at radius 1 is 1.37 bits per heavy atom. The highest BCUT2D eigenvalue weighted by molar-refractivity contribution is 7.15. The molecule has 1 N–H and O–H groups in total. The molecule has 19 heavy (non-hydrogen) atoms. The van der Waals surface area contributed by atoms with Gasteiger partial charge in [-0.15, -0.1) is 11.3 Å². The second-order valence-electron chi connectivity index (χ2n) is 5.73. The molecular formula is C15H27N3S. The molecule has 0 bridgehead atoms. The summed E-state index contributed by atoms with van der Waals surface area (Å²) in [6.45, 7) is 11.5. The molecule has 4 heteroatoms. The lowest BCUT2D eigenvalue weighted by atomic mass is 9.82. The summed E-state index contributed by atoms with van der Waals surface area (Å²) in [5, 5.41) is 4.44. The number of likely N-dealkylation sites (tertiary alicyclic amines) is 1. The highest BCUT2D eigenvalue weighted by atomic mass is 32.1. The first kappa shape index (κ1) is 14.8. The van der Waals surface area contributed by atoms with E-state index in [9.17, 15) is 0 Å². The standard InChI is InChI=1S/C15H27N3S/c1-4-8-16-14-17-10-13(19-14)11-18-9-7-15(5-2,6-3)12-18/h10H,4-9,11-12H2,1-3H3,(H,16,17). The number of aromatic nitrogens is 1. The molecule has 2 rings (SSSR count). The molecular weight excluding hydrogens is 254 g/mol. The smallest absolute Gasteiger partial charge is 0.182 e. The summed E-state index contributed by atoms with van der Waals surface area (Å²) >= 11 is 1.81. The van der Waals surface area contributed by atoms with Crippen LogP contribution in [0.2, 0.25) is 0 Å². The number of hydrogen-bond donors (Lipinski definition) is 1. The SMILES string of the molecule is CCCNc1ncc(CN2CCC(CC)(CC)C2)s1. The van der Waals surface area contributed by atoms with E-state index in [4.69, 9.17) is 0 Å². The van der Waals surface area contributed by atoms with E-state index >= 15 is 0 Å². The molecule has 0 aromatic carbocycles. The van der Waals surface area contributed by atoms with Crippen molar-refractivity contribution >= 4 is 16.5 Å². The third-order valence-electron chi connectivity index (χ3n) is 4.48. The van der Waals surface area contributed by atoms with Crippen molar-refractivity contribution in [3.05, 3.63) is 11.1 Å². The molecule has 1 fully saturated rings. The second-order valence-corrected chi connectivity index (χ2v) is 6.84. The molecule has 0 radical (unpaired) electrons. The molecule has 1 aromatic rings. The van der Waals surface area contributed by atoms with Crippen LogP contribution in [0.3, 0.4) is 0 Å². The molecule has 0 unspecified atom stereocenters. The Morgan fingerprint density at radius 3 is 2.79 bits per heavy atom. The van der Waals surface area contributed by atoms with Crippen LogP contribution in [0.1, 0.15) is 51.3 Å². The van der Waals surface area contributed by atoms with Gasteiger partial charge in [-0.1, -0.05) is 20.8 Å². The van der Waals surface area contributed by atoms with E-state index in [-0.39, 0.29) is 0 Å². The predicted octanol–water partition coefficient (Wildman–Crippen LogP) is 3.98. The monoisotopic (exact) mass is 281 g/mol. The zero-order valence-electron chi connectivity index (χ0n) is 12.5. The van der Waals surface area contributed by atoms with Crippen molar-refractivity contribution in [3.8, 4) is 0 Å². The molecule has 0 spiro atoms. The van der Waals surface area contributed by atoms with Crippen LogP contribution in [0.4, 0.5) is 5.13 Å².